The van der Waals surface area contributed by atoms with E-state index in [4.69, 9.17) is 33.7 Å². The summed E-state index contributed by atoms with van der Waals surface area (Å²) in [5.74, 6) is 5.22. The lowest BCUT2D eigenvalue weighted by molar-refractivity contribution is -0.142. The monoisotopic (exact) mass is 459 g/mol. The van der Waals surface area contributed by atoms with Crippen LogP contribution in [0.4, 0.5) is 11.4 Å². The molecule has 0 aliphatic carbocycles. The van der Waals surface area contributed by atoms with Crippen LogP contribution in [-0.4, -0.2) is 31.6 Å². The molecule has 6 nitrogen and oxygen atoms in total. The van der Waals surface area contributed by atoms with Crippen molar-refractivity contribution in [1.82, 2.24) is 0 Å². The van der Waals surface area contributed by atoms with Gasteiger partial charge < -0.3 is 20.7 Å². The van der Waals surface area contributed by atoms with Crippen LogP contribution in [0.25, 0.3) is 0 Å². The van der Waals surface area contributed by atoms with Crippen LogP contribution in [-0.2, 0) is 20.7 Å². The molecule has 1 aliphatic heterocycles. The molecule has 3 N–H and O–H groups in total. The summed E-state index contributed by atoms with van der Waals surface area (Å²) in [6.07, 6.45) is 0.868. The smallest absolute Gasteiger partial charge is 0.328 e. The van der Waals surface area contributed by atoms with Gasteiger partial charge in [0.2, 0.25) is 5.91 Å². The number of esters is 1. The number of rotatable bonds is 4. The highest BCUT2D eigenvalue weighted by molar-refractivity contribution is 6.35. The molecule has 1 amide bonds. The molecule has 0 aromatic heterocycles. The van der Waals surface area contributed by atoms with E-state index in [-0.39, 0.29) is 5.91 Å². The van der Waals surface area contributed by atoms with Gasteiger partial charge >= 0.3 is 5.97 Å². The molecule has 0 saturated heterocycles. The van der Waals surface area contributed by atoms with Crippen molar-refractivity contribution in [2.24, 2.45) is 5.73 Å². The van der Waals surface area contributed by atoms with Gasteiger partial charge in [-0.15, -0.1) is 0 Å². The number of anilines is 2. The minimum absolute atomic E-state index is 0.178. The van der Waals surface area contributed by atoms with Gasteiger partial charge in [-0.05, 0) is 29.8 Å². The zero-order chi connectivity index (χ0) is 22.5. The van der Waals surface area contributed by atoms with Crippen LogP contribution in [0.15, 0.2) is 36.4 Å². The Morgan fingerprint density at radius 3 is 2.55 bits per heavy atom. The van der Waals surface area contributed by atoms with Gasteiger partial charge in [0.1, 0.15) is 6.04 Å². The molecular weight excluding hydrogens is 437 g/mol. The van der Waals surface area contributed by atoms with E-state index in [1.165, 1.54) is 14.0 Å². The van der Waals surface area contributed by atoms with Gasteiger partial charge in [0.05, 0.1) is 19.7 Å². The molecule has 2 aromatic carbocycles. The predicted octanol–water partition coefficient (Wildman–Crippen LogP) is 3.95. The SMILES string of the molecule is COC(=O)C1CC(N(C(C)=O)c2ccc(CC#CCN)cc2)c2c(Cl)cc(Cl)cc2N1. The van der Waals surface area contributed by atoms with Crippen LogP contribution in [0.3, 0.4) is 0 Å². The number of carbonyl (C=O) groups is 2. The Morgan fingerprint density at radius 1 is 1.23 bits per heavy atom. The van der Waals surface area contributed by atoms with Crippen LogP contribution in [0.2, 0.25) is 10.0 Å². The highest BCUT2D eigenvalue weighted by Crippen LogP contribution is 2.44. The van der Waals surface area contributed by atoms with Crippen molar-refractivity contribution in [3.63, 3.8) is 0 Å². The number of methoxy groups -OCH3 is 1. The van der Waals surface area contributed by atoms with Crippen LogP contribution < -0.4 is 16.0 Å². The van der Waals surface area contributed by atoms with E-state index in [2.05, 4.69) is 17.2 Å². The molecule has 2 aromatic rings. The Labute approximate surface area is 191 Å². The Bertz CT molecular complexity index is 1040. The van der Waals surface area contributed by atoms with Crippen LogP contribution >= 0.6 is 23.2 Å². The first-order chi connectivity index (χ1) is 14.8. The highest BCUT2D eigenvalue weighted by Gasteiger charge is 2.38. The highest BCUT2D eigenvalue weighted by atomic mass is 35.5. The van der Waals surface area contributed by atoms with E-state index in [1.807, 2.05) is 24.3 Å². The molecule has 0 radical (unpaired) electrons. The Balaban J connectivity index is 2.03. The third-order valence-corrected chi connectivity index (χ3v) is 5.62. The average molecular weight is 460 g/mol. The molecule has 0 fully saturated rings. The maximum atomic E-state index is 12.8. The second-order valence-electron chi connectivity index (χ2n) is 7.11. The molecule has 0 bridgehead atoms. The summed E-state index contributed by atoms with van der Waals surface area (Å²) in [6.45, 7) is 1.80. The number of ether oxygens (including phenoxy) is 1. The number of nitrogens with one attached hydrogen (secondary N) is 1. The summed E-state index contributed by atoms with van der Waals surface area (Å²) in [6, 6.07) is 9.75. The number of benzene rings is 2. The van der Waals surface area contributed by atoms with Crippen molar-refractivity contribution in [2.45, 2.75) is 31.8 Å². The second-order valence-corrected chi connectivity index (χ2v) is 7.95. The molecule has 8 heteroatoms. The standard InChI is InChI=1S/C23H23Cl2N3O3/c1-14(29)28(17-8-6-15(7-9-17)5-3-4-10-26)21-13-20(23(30)31-2)27-19-12-16(24)11-18(25)22(19)21/h6-9,11-12,20-21,27H,5,10,13,26H2,1-2H3. The first kappa shape index (κ1) is 23.0. The van der Waals surface area contributed by atoms with Crippen molar-refractivity contribution in [3.8, 4) is 11.8 Å². The van der Waals surface area contributed by atoms with Crippen LogP contribution in [0.1, 0.15) is 30.5 Å². The molecule has 1 aliphatic rings. The number of hydrogen-bond acceptors (Lipinski definition) is 5. The number of nitrogens with two attached hydrogens (primary N) is 1. The summed E-state index contributed by atoms with van der Waals surface area (Å²) in [7, 11) is 1.33. The summed E-state index contributed by atoms with van der Waals surface area (Å²) in [5, 5.41) is 3.98. The number of halogens is 2. The molecule has 0 saturated carbocycles. The zero-order valence-electron chi connectivity index (χ0n) is 17.2. The predicted molar refractivity (Wildman–Crippen MR) is 123 cm³/mol. The third kappa shape index (κ3) is 5.13. The van der Waals surface area contributed by atoms with Gasteiger partial charge in [0.25, 0.3) is 0 Å². The average Bonchev–Trinajstić information content (AvgIpc) is 2.73. The summed E-state index contributed by atoms with van der Waals surface area (Å²) in [5.41, 5.74) is 8.41. The molecule has 1 heterocycles. The molecule has 0 spiro atoms. The fourth-order valence-electron chi connectivity index (χ4n) is 3.75. The number of carbonyl (C=O) groups excluding carboxylic acids is 2. The minimum atomic E-state index is -0.648. The fraction of sp³-hybridized carbons (Fsp3) is 0.304. The van der Waals surface area contributed by atoms with Crippen molar-refractivity contribution in [3.05, 3.63) is 57.6 Å². The molecule has 3 rings (SSSR count). The molecule has 162 valence electrons. The second kappa shape index (κ2) is 10.1. The quantitative estimate of drug-likeness (QED) is 0.533. The molecular formula is C23H23Cl2N3O3. The number of amides is 1. The summed E-state index contributed by atoms with van der Waals surface area (Å²) < 4.78 is 4.93. The van der Waals surface area contributed by atoms with Crippen LogP contribution in [0, 0.1) is 11.8 Å². The molecule has 31 heavy (non-hydrogen) atoms. The topological polar surface area (TPSA) is 84.7 Å². The van der Waals surface area contributed by atoms with Gasteiger partial charge in [-0.3, -0.25) is 4.79 Å². The first-order valence-electron chi connectivity index (χ1n) is 9.73. The summed E-state index contributed by atoms with van der Waals surface area (Å²) >= 11 is 12.7. The van der Waals surface area contributed by atoms with E-state index in [0.717, 1.165) is 5.56 Å². The van der Waals surface area contributed by atoms with E-state index in [9.17, 15) is 9.59 Å². The first-order valence-corrected chi connectivity index (χ1v) is 10.5. The van der Waals surface area contributed by atoms with E-state index >= 15 is 0 Å². The zero-order valence-corrected chi connectivity index (χ0v) is 18.8. The molecule has 2 atom stereocenters. The third-order valence-electron chi connectivity index (χ3n) is 5.09. The van der Waals surface area contributed by atoms with E-state index in [0.29, 0.717) is 46.4 Å². The summed E-state index contributed by atoms with van der Waals surface area (Å²) in [4.78, 5) is 26.7. The van der Waals surface area contributed by atoms with Crippen LogP contribution in [0.5, 0.6) is 0 Å². The maximum absolute atomic E-state index is 12.8. The van der Waals surface area contributed by atoms with Gasteiger partial charge in [-0.25, -0.2) is 4.79 Å². The van der Waals surface area contributed by atoms with Gasteiger partial charge in [0, 0.05) is 46.7 Å². The number of hydrogen-bond donors (Lipinski definition) is 2. The Kier molecular flexibility index (Phi) is 7.45. The number of fused-ring (bicyclic) bond motifs is 1. The van der Waals surface area contributed by atoms with Gasteiger partial charge in [0.15, 0.2) is 0 Å². The lowest BCUT2D eigenvalue weighted by Crippen LogP contribution is -2.43. The van der Waals surface area contributed by atoms with Crippen molar-refractivity contribution in [1.29, 1.82) is 0 Å². The largest absolute Gasteiger partial charge is 0.467 e. The van der Waals surface area contributed by atoms with Crippen molar-refractivity contribution in [2.75, 3.05) is 23.9 Å². The van der Waals surface area contributed by atoms with E-state index < -0.39 is 18.1 Å². The number of nitrogens with zero attached hydrogens (tertiary/aromatic N) is 1. The van der Waals surface area contributed by atoms with Crippen molar-refractivity contribution < 1.29 is 14.3 Å². The van der Waals surface area contributed by atoms with E-state index in [1.54, 1.807) is 17.0 Å². The Hall–Kier alpha value is -2.72. The lowest BCUT2D eigenvalue weighted by Gasteiger charge is -2.39. The van der Waals surface area contributed by atoms with Gasteiger partial charge in [-0.1, -0.05) is 47.2 Å². The normalized spacial score (nSPS) is 16.9. The lowest BCUT2D eigenvalue weighted by atomic mass is 9.90. The minimum Gasteiger partial charge on any atom is -0.467 e. The Morgan fingerprint density at radius 2 is 1.94 bits per heavy atom. The van der Waals surface area contributed by atoms with Crippen molar-refractivity contribution >= 4 is 46.5 Å². The maximum Gasteiger partial charge on any atom is 0.328 e. The van der Waals surface area contributed by atoms with Gasteiger partial charge in [-0.2, -0.15) is 0 Å². The molecule has 2 unspecified atom stereocenters. The fourth-order valence-corrected chi connectivity index (χ4v) is 4.37.